The van der Waals surface area contributed by atoms with Crippen molar-refractivity contribution in [2.24, 2.45) is 0 Å². The van der Waals surface area contributed by atoms with Gasteiger partial charge in [-0.2, -0.15) is 13.2 Å². The molecule has 0 saturated heterocycles. The van der Waals surface area contributed by atoms with Gasteiger partial charge in [0.1, 0.15) is 5.69 Å². The third-order valence-electron chi connectivity index (χ3n) is 3.14. The number of carbonyl (C=O) groups is 1. The minimum Gasteiger partial charge on any atom is -0.383 e. The molecule has 1 heterocycles. The lowest BCUT2D eigenvalue weighted by atomic mass is 10.2. The third kappa shape index (κ3) is 5.33. The van der Waals surface area contributed by atoms with Gasteiger partial charge in [0.25, 0.3) is 5.91 Å². The van der Waals surface area contributed by atoms with E-state index in [1.807, 2.05) is 0 Å². The summed E-state index contributed by atoms with van der Waals surface area (Å²) in [6.45, 7) is 0.676. The summed E-state index contributed by atoms with van der Waals surface area (Å²) in [6, 6.07) is 6.45. The molecule has 0 aliphatic rings. The van der Waals surface area contributed by atoms with E-state index in [0.717, 1.165) is 12.1 Å². The number of halogens is 4. The summed E-state index contributed by atoms with van der Waals surface area (Å²) in [6.07, 6.45) is -3.17. The van der Waals surface area contributed by atoms with Gasteiger partial charge >= 0.3 is 6.18 Å². The van der Waals surface area contributed by atoms with E-state index in [1.54, 1.807) is 0 Å². The van der Waals surface area contributed by atoms with Crippen molar-refractivity contribution in [3.05, 3.63) is 52.8 Å². The van der Waals surface area contributed by atoms with E-state index in [-0.39, 0.29) is 16.4 Å². The van der Waals surface area contributed by atoms with Crippen molar-refractivity contribution in [1.82, 2.24) is 10.3 Å². The van der Waals surface area contributed by atoms with Gasteiger partial charge in [0, 0.05) is 31.2 Å². The van der Waals surface area contributed by atoms with E-state index < -0.39 is 17.6 Å². The number of hydrogen-bond acceptors (Lipinski definition) is 4. The quantitative estimate of drug-likeness (QED) is 0.754. The molecule has 0 fully saturated rings. The first kappa shape index (κ1) is 19.0. The van der Waals surface area contributed by atoms with Gasteiger partial charge in [0.05, 0.1) is 17.2 Å². The molecule has 2 rings (SSSR count). The molecule has 1 aromatic carbocycles. The first-order chi connectivity index (χ1) is 11.8. The molecule has 0 aliphatic heterocycles. The van der Waals surface area contributed by atoms with Crippen molar-refractivity contribution in [2.45, 2.75) is 6.18 Å². The van der Waals surface area contributed by atoms with Crippen LogP contribution in [0.15, 0.2) is 36.5 Å². The standard InChI is InChI=1S/C16H15ClF3N3O2/c1-25-7-6-22-15(24)14-9-11(4-5-21-14)23-10-2-3-13(17)12(8-10)16(18,19)20/h2-5,8-9H,6-7H2,1H3,(H,21,23)(H,22,24). The van der Waals surface area contributed by atoms with Gasteiger partial charge in [-0.3, -0.25) is 9.78 Å². The normalized spacial score (nSPS) is 11.2. The number of nitrogens with zero attached hydrogens (tertiary/aromatic N) is 1. The number of pyridine rings is 1. The minimum absolute atomic E-state index is 0.131. The average molecular weight is 374 g/mol. The van der Waals surface area contributed by atoms with Crippen LogP contribution in [0.4, 0.5) is 24.5 Å². The summed E-state index contributed by atoms with van der Waals surface area (Å²) >= 11 is 5.59. The molecule has 0 bridgehead atoms. The Bertz CT molecular complexity index is 754. The predicted octanol–water partition coefficient (Wildman–Crippen LogP) is 3.87. The van der Waals surface area contributed by atoms with Crippen LogP contribution in [0, 0.1) is 0 Å². The second kappa shape index (κ2) is 8.17. The molecule has 0 spiro atoms. The SMILES string of the molecule is COCCNC(=O)c1cc(Nc2ccc(Cl)c(C(F)(F)F)c2)ccn1. The number of ether oxygens (including phenoxy) is 1. The number of hydrogen-bond donors (Lipinski definition) is 2. The van der Waals surface area contributed by atoms with Crippen molar-refractivity contribution >= 4 is 28.9 Å². The summed E-state index contributed by atoms with van der Waals surface area (Å²) in [5.74, 6) is -0.409. The molecule has 5 nitrogen and oxygen atoms in total. The minimum atomic E-state index is -4.56. The molecule has 0 aliphatic carbocycles. The van der Waals surface area contributed by atoms with Crippen LogP contribution in [0.5, 0.6) is 0 Å². The molecule has 1 amide bonds. The lowest BCUT2D eigenvalue weighted by molar-refractivity contribution is -0.137. The van der Waals surface area contributed by atoms with Gasteiger partial charge in [-0.1, -0.05) is 11.6 Å². The third-order valence-corrected chi connectivity index (χ3v) is 3.47. The number of nitrogens with one attached hydrogen (secondary N) is 2. The Morgan fingerprint density at radius 2 is 1.96 bits per heavy atom. The molecule has 0 atom stereocenters. The molecule has 25 heavy (non-hydrogen) atoms. The summed E-state index contributed by atoms with van der Waals surface area (Å²) in [5.41, 5.74) is -0.201. The fraction of sp³-hybridized carbons (Fsp3) is 0.250. The zero-order valence-corrected chi connectivity index (χ0v) is 13.9. The maximum absolute atomic E-state index is 12.9. The van der Waals surface area contributed by atoms with Crippen LogP contribution < -0.4 is 10.6 Å². The number of alkyl halides is 3. The Morgan fingerprint density at radius 3 is 2.64 bits per heavy atom. The zero-order valence-electron chi connectivity index (χ0n) is 13.2. The second-order valence-corrected chi connectivity index (χ2v) is 5.40. The summed E-state index contributed by atoms with van der Waals surface area (Å²) < 4.78 is 43.5. The largest absolute Gasteiger partial charge is 0.417 e. The fourth-order valence-corrected chi connectivity index (χ4v) is 2.20. The first-order valence-corrected chi connectivity index (χ1v) is 7.56. The molecular weight excluding hydrogens is 359 g/mol. The topological polar surface area (TPSA) is 63.2 Å². The molecular formula is C16H15ClF3N3O2. The van der Waals surface area contributed by atoms with Crippen LogP contribution in [-0.4, -0.2) is 31.2 Å². The van der Waals surface area contributed by atoms with Crippen molar-refractivity contribution in [3.63, 3.8) is 0 Å². The van der Waals surface area contributed by atoms with E-state index >= 15 is 0 Å². The van der Waals surface area contributed by atoms with Crippen LogP contribution >= 0.6 is 11.6 Å². The Balaban J connectivity index is 2.16. The van der Waals surface area contributed by atoms with E-state index in [1.165, 1.54) is 31.5 Å². The van der Waals surface area contributed by atoms with E-state index in [4.69, 9.17) is 16.3 Å². The van der Waals surface area contributed by atoms with Crippen molar-refractivity contribution in [3.8, 4) is 0 Å². The molecule has 2 aromatic rings. The molecule has 1 aromatic heterocycles. The number of carbonyl (C=O) groups excluding carboxylic acids is 1. The average Bonchev–Trinajstić information content (AvgIpc) is 2.56. The lowest BCUT2D eigenvalue weighted by Crippen LogP contribution is -2.27. The van der Waals surface area contributed by atoms with E-state index in [2.05, 4.69) is 15.6 Å². The smallest absolute Gasteiger partial charge is 0.383 e. The van der Waals surface area contributed by atoms with E-state index in [9.17, 15) is 18.0 Å². The summed E-state index contributed by atoms with van der Waals surface area (Å²) in [4.78, 5) is 15.9. The van der Waals surface area contributed by atoms with Gasteiger partial charge in [-0.25, -0.2) is 0 Å². The lowest BCUT2D eigenvalue weighted by Gasteiger charge is -2.13. The van der Waals surface area contributed by atoms with E-state index in [0.29, 0.717) is 18.8 Å². The highest BCUT2D eigenvalue weighted by molar-refractivity contribution is 6.31. The summed E-state index contributed by atoms with van der Waals surface area (Å²) in [5, 5.41) is 5.03. The van der Waals surface area contributed by atoms with Gasteiger partial charge in [-0.05, 0) is 30.3 Å². The van der Waals surface area contributed by atoms with Crippen LogP contribution in [0.2, 0.25) is 5.02 Å². The number of amides is 1. The molecule has 0 radical (unpaired) electrons. The number of aromatic nitrogens is 1. The highest BCUT2D eigenvalue weighted by atomic mass is 35.5. The fourth-order valence-electron chi connectivity index (χ4n) is 1.98. The molecule has 2 N–H and O–H groups in total. The monoisotopic (exact) mass is 373 g/mol. The second-order valence-electron chi connectivity index (χ2n) is 5.00. The van der Waals surface area contributed by atoms with Crippen molar-refractivity contribution in [1.29, 1.82) is 0 Å². The number of anilines is 2. The van der Waals surface area contributed by atoms with Crippen molar-refractivity contribution < 1.29 is 22.7 Å². The highest BCUT2D eigenvalue weighted by Gasteiger charge is 2.33. The highest BCUT2D eigenvalue weighted by Crippen LogP contribution is 2.36. The number of benzene rings is 1. The van der Waals surface area contributed by atoms with Crippen molar-refractivity contribution in [2.75, 3.05) is 25.6 Å². The molecule has 9 heteroatoms. The molecule has 0 saturated carbocycles. The zero-order chi connectivity index (χ0) is 18.4. The maximum atomic E-state index is 12.9. The Labute approximate surface area is 147 Å². The first-order valence-electron chi connectivity index (χ1n) is 7.18. The molecule has 134 valence electrons. The molecule has 0 unspecified atom stereocenters. The Kier molecular flexibility index (Phi) is 6.22. The summed E-state index contributed by atoms with van der Waals surface area (Å²) in [7, 11) is 1.51. The predicted molar refractivity (Wildman–Crippen MR) is 88.2 cm³/mol. The van der Waals surface area contributed by atoms with Gasteiger partial charge in [-0.15, -0.1) is 0 Å². The van der Waals surface area contributed by atoms with Gasteiger partial charge < -0.3 is 15.4 Å². The van der Waals surface area contributed by atoms with Crippen LogP contribution in [0.3, 0.4) is 0 Å². The van der Waals surface area contributed by atoms with Gasteiger partial charge in [0.2, 0.25) is 0 Å². The van der Waals surface area contributed by atoms with Crippen LogP contribution in [-0.2, 0) is 10.9 Å². The Hall–Kier alpha value is -2.32. The number of methoxy groups -OCH3 is 1. The number of rotatable bonds is 6. The maximum Gasteiger partial charge on any atom is 0.417 e. The van der Waals surface area contributed by atoms with Crippen LogP contribution in [0.25, 0.3) is 0 Å². The van der Waals surface area contributed by atoms with Crippen LogP contribution in [0.1, 0.15) is 16.1 Å². The van der Waals surface area contributed by atoms with Gasteiger partial charge in [0.15, 0.2) is 0 Å². The Morgan fingerprint density at radius 1 is 1.24 bits per heavy atom.